The maximum Gasteiger partial charge on any atom is 0.290 e. The molecule has 6 heteroatoms. The minimum Gasteiger partial charge on any atom is -0.508 e. The maximum absolute atomic E-state index is 13.8. The van der Waals surface area contributed by atoms with Crippen LogP contribution in [-0.2, 0) is 20.9 Å². The van der Waals surface area contributed by atoms with Crippen LogP contribution in [0, 0.1) is 17.8 Å². The molecule has 0 saturated heterocycles. The van der Waals surface area contributed by atoms with Crippen molar-refractivity contribution in [2.75, 3.05) is 7.11 Å². The van der Waals surface area contributed by atoms with Gasteiger partial charge in [-0.2, -0.15) is 0 Å². The van der Waals surface area contributed by atoms with E-state index in [0.717, 1.165) is 24.2 Å². The molecule has 0 aromatic heterocycles. The lowest BCUT2D eigenvalue weighted by Crippen LogP contribution is -2.45. The molecule has 33 heavy (non-hydrogen) atoms. The smallest absolute Gasteiger partial charge is 0.290 e. The fourth-order valence-electron chi connectivity index (χ4n) is 5.76. The molecule has 1 aliphatic carbocycles. The number of hydrogen-bond acceptors (Lipinski definition) is 5. The van der Waals surface area contributed by atoms with Crippen molar-refractivity contribution in [2.45, 2.75) is 45.4 Å². The maximum atomic E-state index is 13.8. The van der Waals surface area contributed by atoms with E-state index >= 15 is 0 Å². The van der Waals surface area contributed by atoms with Crippen molar-refractivity contribution < 1.29 is 24.2 Å². The van der Waals surface area contributed by atoms with E-state index in [1.165, 1.54) is 0 Å². The topological polar surface area (TPSA) is 76.1 Å². The summed E-state index contributed by atoms with van der Waals surface area (Å²) in [6, 6.07) is 13.7. The lowest BCUT2D eigenvalue weighted by atomic mass is 9.70. The summed E-state index contributed by atoms with van der Waals surface area (Å²) in [5.41, 5.74) is 2.05. The van der Waals surface area contributed by atoms with Gasteiger partial charge in [-0.15, -0.1) is 0 Å². The number of ketones is 1. The average molecular weight is 448 g/mol. The van der Waals surface area contributed by atoms with Crippen LogP contribution in [-0.4, -0.2) is 34.9 Å². The van der Waals surface area contributed by atoms with Crippen molar-refractivity contribution >= 4 is 11.7 Å². The Morgan fingerprint density at radius 2 is 1.85 bits per heavy atom. The van der Waals surface area contributed by atoms with Gasteiger partial charge < -0.3 is 19.5 Å². The molecule has 3 aliphatic rings. The number of hydrogen-bond donors (Lipinski definition) is 1. The summed E-state index contributed by atoms with van der Waals surface area (Å²) in [4.78, 5) is 29.1. The Labute approximate surface area is 193 Å². The zero-order chi connectivity index (χ0) is 23.3. The van der Waals surface area contributed by atoms with Gasteiger partial charge in [-0.05, 0) is 60.1 Å². The zero-order valence-electron chi connectivity index (χ0n) is 19.2. The van der Waals surface area contributed by atoms with Crippen LogP contribution in [0.15, 0.2) is 59.9 Å². The number of amides is 1. The monoisotopic (exact) mass is 447 g/mol. The molecule has 1 fully saturated rings. The number of fused-ring (bicyclic) bond motifs is 1. The number of ether oxygens (including phenoxy) is 2. The lowest BCUT2D eigenvalue weighted by Gasteiger charge is -2.41. The summed E-state index contributed by atoms with van der Waals surface area (Å²) in [7, 11) is 1.61. The van der Waals surface area contributed by atoms with E-state index in [1.54, 1.807) is 30.2 Å². The first-order chi connectivity index (χ1) is 15.9. The molecule has 5 atom stereocenters. The number of methoxy groups -OCH3 is 1. The van der Waals surface area contributed by atoms with E-state index in [4.69, 9.17) is 9.47 Å². The fourth-order valence-corrected chi connectivity index (χ4v) is 5.76. The second kappa shape index (κ2) is 8.25. The van der Waals surface area contributed by atoms with Crippen molar-refractivity contribution in [3.63, 3.8) is 0 Å². The van der Waals surface area contributed by atoms with Crippen LogP contribution in [0.5, 0.6) is 11.5 Å². The predicted octanol–water partition coefficient (Wildman–Crippen LogP) is 4.39. The zero-order valence-corrected chi connectivity index (χ0v) is 19.2. The molecular formula is C27H29NO5. The summed E-state index contributed by atoms with van der Waals surface area (Å²) >= 11 is 0. The Morgan fingerprint density at radius 3 is 2.55 bits per heavy atom. The second-order valence-electron chi connectivity index (χ2n) is 9.63. The molecule has 0 radical (unpaired) electrons. The third-order valence-corrected chi connectivity index (χ3v) is 7.23. The van der Waals surface area contributed by atoms with E-state index in [-0.39, 0.29) is 41.1 Å². The first-order valence-corrected chi connectivity index (χ1v) is 11.5. The SMILES string of the molecule is COc1ccc(CN2C(=O)C3=C(C(=O)C4CC(C)CC(C)C4O3)C2c2cccc(O)c2)cc1. The quantitative estimate of drug-likeness (QED) is 0.752. The predicted molar refractivity (Wildman–Crippen MR) is 122 cm³/mol. The van der Waals surface area contributed by atoms with Crippen molar-refractivity contribution in [2.24, 2.45) is 17.8 Å². The number of benzene rings is 2. The summed E-state index contributed by atoms with van der Waals surface area (Å²) in [6.07, 6.45) is 1.49. The van der Waals surface area contributed by atoms with E-state index in [1.807, 2.05) is 30.3 Å². The minimum absolute atomic E-state index is 0.0126. The number of phenols is 1. The molecule has 2 heterocycles. The van der Waals surface area contributed by atoms with E-state index in [0.29, 0.717) is 23.6 Å². The standard InChI is InChI=1S/C27H29NO5/c1-15-11-16(2)25-21(12-15)24(30)22-23(18-5-4-6-19(29)13-18)28(27(31)26(22)33-25)14-17-7-9-20(32-3)10-8-17/h4-10,13,15-16,21,23,25,29H,11-12,14H2,1-3H3. The number of nitrogens with zero attached hydrogens (tertiary/aromatic N) is 1. The molecule has 2 aromatic carbocycles. The molecule has 2 aliphatic heterocycles. The van der Waals surface area contributed by atoms with E-state index in [2.05, 4.69) is 13.8 Å². The Bertz CT molecular complexity index is 1120. The van der Waals surface area contributed by atoms with Gasteiger partial charge in [0.2, 0.25) is 0 Å². The molecule has 0 spiro atoms. The number of aromatic hydroxyl groups is 1. The van der Waals surface area contributed by atoms with Gasteiger partial charge in [0, 0.05) is 6.54 Å². The highest BCUT2D eigenvalue weighted by Gasteiger charge is 2.53. The highest BCUT2D eigenvalue weighted by molar-refractivity contribution is 6.11. The molecule has 1 N–H and O–H groups in total. The molecule has 5 unspecified atom stereocenters. The second-order valence-corrected chi connectivity index (χ2v) is 9.63. The van der Waals surface area contributed by atoms with Crippen molar-refractivity contribution in [1.82, 2.24) is 4.90 Å². The van der Waals surface area contributed by atoms with Crippen LogP contribution in [0.25, 0.3) is 0 Å². The lowest BCUT2D eigenvalue weighted by molar-refractivity contribution is -0.139. The summed E-state index contributed by atoms with van der Waals surface area (Å²) in [5.74, 6) is 1.16. The van der Waals surface area contributed by atoms with E-state index < -0.39 is 6.04 Å². The molecule has 1 amide bonds. The van der Waals surface area contributed by atoms with Gasteiger partial charge in [-0.25, -0.2) is 0 Å². The molecule has 2 aromatic rings. The van der Waals surface area contributed by atoms with Crippen molar-refractivity contribution in [3.05, 3.63) is 71.0 Å². The molecule has 172 valence electrons. The first-order valence-electron chi connectivity index (χ1n) is 11.5. The third kappa shape index (κ3) is 3.67. The number of carbonyl (C=O) groups is 2. The normalized spacial score (nSPS) is 28.9. The van der Waals surface area contributed by atoms with Crippen molar-refractivity contribution in [1.29, 1.82) is 0 Å². The Kier molecular flexibility index (Phi) is 5.39. The number of Topliss-reactive ketones (excluding diaryl/α,β-unsaturated/α-hetero) is 1. The van der Waals surface area contributed by atoms with Gasteiger partial charge in [0.1, 0.15) is 17.6 Å². The Hall–Kier alpha value is -3.28. The molecule has 1 saturated carbocycles. The van der Waals surface area contributed by atoms with Crippen LogP contribution >= 0.6 is 0 Å². The summed E-state index contributed by atoms with van der Waals surface area (Å²) in [6.45, 7) is 4.59. The molecular weight excluding hydrogens is 418 g/mol. The van der Waals surface area contributed by atoms with Crippen LogP contribution in [0.2, 0.25) is 0 Å². The fraction of sp³-hybridized carbons (Fsp3) is 0.407. The molecule has 5 rings (SSSR count). The van der Waals surface area contributed by atoms with Crippen molar-refractivity contribution in [3.8, 4) is 11.5 Å². The number of phenolic OH excluding ortho intramolecular Hbond substituents is 1. The molecule has 0 bridgehead atoms. The van der Waals surface area contributed by atoms with Crippen LogP contribution < -0.4 is 4.74 Å². The minimum atomic E-state index is -0.595. The Balaban J connectivity index is 1.57. The van der Waals surface area contributed by atoms with Crippen LogP contribution in [0.4, 0.5) is 0 Å². The largest absolute Gasteiger partial charge is 0.508 e. The van der Waals surface area contributed by atoms with Gasteiger partial charge in [-0.1, -0.05) is 38.1 Å². The Morgan fingerprint density at radius 1 is 1.09 bits per heavy atom. The average Bonchev–Trinajstić information content (AvgIpc) is 3.07. The van der Waals surface area contributed by atoms with Gasteiger partial charge >= 0.3 is 0 Å². The number of carbonyl (C=O) groups excluding carboxylic acids is 2. The third-order valence-electron chi connectivity index (χ3n) is 7.23. The summed E-state index contributed by atoms with van der Waals surface area (Å²) in [5, 5.41) is 10.1. The highest BCUT2D eigenvalue weighted by atomic mass is 16.5. The highest BCUT2D eigenvalue weighted by Crippen LogP contribution is 2.49. The first kappa shape index (κ1) is 21.6. The van der Waals surface area contributed by atoms with Gasteiger partial charge in [0.05, 0.1) is 24.6 Å². The molecule has 6 nitrogen and oxygen atoms in total. The van der Waals surface area contributed by atoms with Gasteiger partial charge in [0.25, 0.3) is 5.91 Å². The van der Waals surface area contributed by atoms with E-state index in [9.17, 15) is 14.7 Å². The summed E-state index contributed by atoms with van der Waals surface area (Å²) < 4.78 is 11.6. The van der Waals surface area contributed by atoms with Gasteiger partial charge in [-0.3, -0.25) is 9.59 Å². The number of rotatable bonds is 4. The van der Waals surface area contributed by atoms with Gasteiger partial charge in [0.15, 0.2) is 11.5 Å². The van der Waals surface area contributed by atoms with Crippen LogP contribution in [0.1, 0.15) is 43.9 Å². The van der Waals surface area contributed by atoms with Crippen LogP contribution in [0.3, 0.4) is 0 Å².